The molecule has 0 spiro atoms. The number of benzene rings is 2. The van der Waals surface area contributed by atoms with E-state index in [2.05, 4.69) is 20.3 Å². The van der Waals surface area contributed by atoms with Gasteiger partial charge in [-0.05, 0) is 47.6 Å². The summed E-state index contributed by atoms with van der Waals surface area (Å²) >= 11 is 0. The summed E-state index contributed by atoms with van der Waals surface area (Å²) in [6.07, 6.45) is 0. The number of nitrogens with one attached hydrogen (secondary N) is 1. The van der Waals surface area contributed by atoms with Gasteiger partial charge in [0.15, 0.2) is 5.78 Å². The number of carbonyl (C=O) groups excluding carboxylic acids is 2. The van der Waals surface area contributed by atoms with Gasteiger partial charge < -0.3 is 10.4 Å². The second-order valence-corrected chi connectivity index (χ2v) is 4.68. The summed E-state index contributed by atoms with van der Waals surface area (Å²) in [4.78, 5) is 23.6. The number of Topliss-reactive ketones (excluding diaryl/α,β-unsaturated/α-hetero) is 1. The average Bonchev–Trinajstić information content (AvgIpc) is 2.96. The second kappa shape index (κ2) is 5.28. The van der Waals surface area contributed by atoms with Crippen LogP contribution in [0.4, 0.5) is 5.69 Å². The summed E-state index contributed by atoms with van der Waals surface area (Å²) in [5, 5.41) is 19.9. The number of aromatic hydroxyl groups is 1. The number of fused-ring (bicyclic) bond motifs is 1. The number of rotatable bonds is 3. The molecule has 3 aromatic rings. The first-order valence-electron chi connectivity index (χ1n) is 6.43. The Morgan fingerprint density at radius 3 is 2.68 bits per heavy atom. The predicted molar refractivity (Wildman–Crippen MR) is 77.9 cm³/mol. The molecule has 1 aromatic heterocycles. The van der Waals surface area contributed by atoms with Crippen LogP contribution in [0.1, 0.15) is 27.6 Å². The van der Waals surface area contributed by atoms with Crippen molar-refractivity contribution < 1.29 is 19.3 Å². The highest BCUT2D eigenvalue weighted by Gasteiger charge is 2.14. The van der Waals surface area contributed by atoms with Gasteiger partial charge in [0.05, 0.1) is 11.3 Å². The fraction of sp³-hybridized carbons (Fsp3) is 0.0667. The molecule has 2 N–H and O–H groups in total. The SMILES string of the molecule is CC(=O)c1cccc(NC(=O)c2ccc3nonc3c2)c1O. The van der Waals surface area contributed by atoms with Gasteiger partial charge in [-0.25, -0.2) is 4.63 Å². The number of phenolic OH excluding ortho intramolecular Hbond substituents is 1. The minimum atomic E-state index is -0.444. The van der Waals surface area contributed by atoms with Crippen LogP contribution in [-0.2, 0) is 0 Å². The number of nitrogens with zero attached hydrogens (tertiary/aromatic N) is 2. The van der Waals surface area contributed by atoms with Gasteiger partial charge in [0, 0.05) is 5.56 Å². The number of hydrogen-bond acceptors (Lipinski definition) is 6. The van der Waals surface area contributed by atoms with Crippen molar-refractivity contribution in [3.63, 3.8) is 0 Å². The molecular weight excluding hydrogens is 286 g/mol. The Balaban J connectivity index is 1.91. The highest BCUT2D eigenvalue weighted by molar-refractivity contribution is 6.08. The van der Waals surface area contributed by atoms with Crippen LogP contribution >= 0.6 is 0 Å². The van der Waals surface area contributed by atoms with Gasteiger partial charge in [-0.3, -0.25) is 9.59 Å². The van der Waals surface area contributed by atoms with Crippen LogP contribution < -0.4 is 5.32 Å². The standard InChI is InChI=1S/C15H11N3O4/c1-8(19)10-3-2-4-12(14(10)20)16-15(21)9-5-6-11-13(7-9)18-22-17-11/h2-7,20H,1H3,(H,16,21). The Hall–Kier alpha value is -3.22. The topological polar surface area (TPSA) is 105 Å². The van der Waals surface area contributed by atoms with Crippen molar-refractivity contribution in [2.24, 2.45) is 0 Å². The van der Waals surface area contributed by atoms with Crippen LogP contribution in [0.25, 0.3) is 11.0 Å². The molecule has 0 aliphatic carbocycles. The van der Waals surface area contributed by atoms with Gasteiger partial charge in [-0.2, -0.15) is 0 Å². The third-order valence-corrected chi connectivity index (χ3v) is 3.18. The number of amides is 1. The lowest BCUT2D eigenvalue weighted by atomic mass is 10.1. The van der Waals surface area contributed by atoms with Crippen molar-refractivity contribution >= 4 is 28.4 Å². The van der Waals surface area contributed by atoms with E-state index in [0.29, 0.717) is 16.6 Å². The fourth-order valence-corrected chi connectivity index (χ4v) is 2.05. The van der Waals surface area contributed by atoms with Crippen molar-refractivity contribution in [2.45, 2.75) is 6.92 Å². The Bertz CT molecular complexity index is 885. The molecule has 0 saturated heterocycles. The van der Waals surface area contributed by atoms with E-state index in [-0.39, 0.29) is 22.8 Å². The molecule has 7 nitrogen and oxygen atoms in total. The number of phenols is 1. The molecule has 0 fully saturated rings. The van der Waals surface area contributed by atoms with Crippen LogP contribution in [0.3, 0.4) is 0 Å². The van der Waals surface area contributed by atoms with E-state index in [9.17, 15) is 14.7 Å². The first kappa shape index (κ1) is 13.7. The summed E-state index contributed by atoms with van der Waals surface area (Å²) in [6.45, 7) is 1.34. The maximum Gasteiger partial charge on any atom is 0.255 e. The average molecular weight is 297 g/mol. The molecule has 1 amide bonds. The Labute approximate surface area is 124 Å². The summed E-state index contributed by atoms with van der Waals surface area (Å²) < 4.78 is 4.57. The van der Waals surface area contributed by atoms with Gasteiger partial charge in [0.1, 0.15) is 16.8 Å². The summed E-state index contributed by atoms with van der Waals surface area (Å²) in [6, 6.07) is 9.26. The number of aromatic nitrogens is 2. The van der Waals surface area contributed by atoms with E-state index in [0.717, 1.165) is 0 Å². The Morgan fingerprint density at radius 2 is 1.91 bits per heavy atom. The van der Waals surface area contributed by atoms with Crippen LogP contribution in [0.5, 0.6) is 5.75 Å². The first-order chi connectivity index (χ1) is 10.6. The number of para-hydroxylation sites is 1. The van der Waals surface area contributed by atoms with Crippen molar-refractivity contribution in [2.75, 3.05) is 5.32 Å². The normalized spacial score (nSPS) is 10.6. The summed E-state index contributed by atoms with van der Waals surface area (Å²) in [5.74, 6) is -0.989. The molecular formula is C15H11N3O4. The van der Waals surface area contributed by atoms with Crippen molar-refractivity contribution in [1.29, 1.82) is 0 Å². The lowest BCUT2D eigenvalue weighted by molar-refractivity contribution is 0.100. The van der Waals surface area contributed by atoms with E-state index in [4.69, 9.17) is 0 Å². The molecule has 0 saturated carbocycles. The third kappa shape index (κ3) is 2.39. The smallest absolute Gasteiger partial charge is 0.255 e. The van der Waals surface area contributed by atoms with E-state index >= 15 is 0 Å². The molecule has 110 valence electrons. The van der Waals surface area contributed by atoms with Crippen molar-refractivity contribution in [3.05, 3.63) is 47.5 Å². The fourth-order valence-electron chi connectivity index (χ4n) is 2.05. The number of anilines is 1. The van der Waals surface area contributed by atoms with E-state index < -0.39 is 5.91 Å². The van der Waals surface area contributed by atoms with Gasteiger partial charge in [0.2, 0.25) is 0 Å². The van der Waals surface area contributed by atoms with Crippen LogP contribution in [-0.4, -0.2) is 27.1 Å². The first-order valence-corrected chi connectivity index (χ1v) is 6.43. The minimum Gasteiger partial charge on any atom is -0.505 e. The predicted octanol–water partition coefficient (Wildman–Crippen LogP) is 2.38. The Morgan fingerprint density at radius 1 is 1.14 bits per heavy atom. The van der Waals surface area contributed by atoms with E-state index in [1.54, 1.807) is 18.2 Å². The molecule has 0 unspecified atom stereocenters. The summed E-state index contributed by atoms with van der Waals surface area (Å²) in [5.41, 5.74) is 1.63. The third-order valence-electron chi connectivity index (χ3n) is 3.18. The van der Waals surface area contributed by atoms with E-state index in [1.807, 2.05) is 0 Å². The van der Waals surface area contributed by atoms with Crippen molar-refractivity contribution in [1.82, 2.24) is 10.3 Å². The number of hydrogen-bond donors (Lipinski definition) is 2. The Kier molecular flexibility index (Phi) is 3.30. The number of carbonyl (C=O) groups is 2. The van der Waals surface area contributed by atoms with Gasteiger partial charge in [0.25, 0.3) is 5.91 Å². The lowest BCUT2D eigenvalue weighted by Gasteiger charge is -2.09. The zero-order valence-electron chi connectivity index (χ0n) is 11.5. The van der Waals surface area contributed by atoms with Crippen LogP contribution in [0.15, 0.2) is 41.0 Å². The van der Waals surface area contributed by atoms with Gasteiger partial charge in [-0.1, -0.05) is 6.07 Å². The molecule has 2 aromatic carbocycles. The zero-order chi connectivity index (χ0) is 15.7. The minimum absolute atomic E-state index is 0.147. The molecule has 3 rings (SSSR count). The molecule has 7 heteroatoms. The quantitative estimate of drug-likeness (QED) is 0.568. The maximum atomic E-state index is 12.2. The highest BCUT2D eigenvalue weighted by atomic mass is 16.6. The molecule has 0 radical (unpaired) electrons. The van der Waals surface area contributed by atoms with Crippen molar-refractivity contribution in [3.8, 4) is 5.75 Å². The monoisotopic (exact) mass is 297 g/mol. The number of ketones is 1. The molecule has 1 heterocycles. The molecule has 22 heavy (non-hydrogen) atoms. The van der Waals surface area contributed by atoms with Gasteiger partial charge >= 0.3 is 0 Å². The lowest BCUT2D eigenvalue weighted by Crippen LogP contribution is -2.12. The van der Waals surface area contributed by atoms with Crippen LogP contribution in [0, 0.1) is 0 Å². The maximum absolute atomic E-state index is 12.2. The summed E-state index contributed by atoms with van der Waals surface area (Å²) in [7, 11) is 0. The van der Waals surface area contributed by atoms with E-state index in [1.165, 1.54) is 25.1 Å². The molecule has 0 bridgehead atoms. The second-order valence-electron chi connectivity index (χ2n) is 4.68. The van der Waals surface area contributed by atoms with Crippen LogP contribution in [0.2, 0.25) is 0 Å². The zero-order valence-corrected chi connectivity index (χ0v) is 11.5. The van der Waals surface area contributed by atoms with Gasteiger partial charge in [-0.15, -0.1) is 0 Å². The molecule has 0 atom stereocenters. The largest absolute Gasteiger partial charge is 0.505 e. The highest BCUT2D eigenvalue weighted by Crippen LogP contribution is 2.28. The molecule has 0 aliphatic heterocycles. The molecule has 0 aliphatic rings.